The Bertz CT molecular complexity index is 1210. The van der Waals surface area contributed by atoms with Crippen LogP contribution < -0.4 is 5.32 Å². The number of aromatic amines is 1. The molecule has 3 aromatic heterocycles. The molecule has 0 unspecified atom stereocenters. The lowest BCUT2D eigenvalue weighted by molar-refractivity contribution is 0.102. The van der Waals surface area contributed by atoms with E-state index in [1.807, 2.05) is 37.5 Å². The summed E-state index contributed by atoms with van der Waals surface area (Å²) in [5, 5.41) is 9.14. The normalized spacial score (nSPS) is 17.8. The van der Waals surface area contributed by atoms with Crippen LogP contribution in [0.2, 0.25) is 0 Å². The maximum atomic E-state index is 12.7. The van der Waals surface area contributed by atoms with Crippen molar-refractivity contribution in [3.63, 3.8) is 0 Å². The third-order valence-electron chi connectivity index (χ3n) is 5.90. The van der Waals surface area contributed by atoms with E-state index in [0.717, 1.165) is 34.8 Å². The number of benzene rings is 1. The van der Waals surface area contributed by atoms with Crippen molar-refractivity contribution in [1.82, 2.24) is 24.6 Å². The number of aromatic nitrogens is 4. The van der Waals surface area contributed by atoms with Gasteiger partial charge in [-0.05, 0) is 50.7 Å². The summed E-state index contributed by atoms with van der Waals surface area (Å²) < 4.78 is 1.79. The smallest absolute Gasteiger partial charge is 0.256 e. The third kappa shape index (κ3) is 3.27. The summed E-state index contributed by atoms with van der Waals surface area (Å²) in [7, 11) is 4.06. The minimum absolute atomic E-state index is 0.179. The number of rotatable bonds is 3. The first-order valence-corrected chi connectivity index (χ1v) is 10.0. The molecule has 0 spiro atoms. The van der Waals surface area contributed by atoms with Crippen molar-refractivity contribution < 1.29 is 4.79 Å². The second-order valence-electron chi connectivity index (χ2n) is 7.87. The van der Waals surface area contributed by atoms with Gasteiger partial charge in [0.25, 0.3) is 5.91 Å². The number of fused-ring (bicyclic) bond motifs is 2. The van der Waals surface area contributed by atoms with Crippen molar-refractivity contribution in [2.75, 3.05) is 18.9 Å². The highest BCUT2D eigenvalue weighted by molar-refractivity contribution is 6.06. The van der Waals surface area contributed by atoms with Crippen LogP contribution in [0.5, 0.6) is 0 Å². The molecule has 1 aliphatic rings. The lowest BCUT2D eigenvalue weighted by Crippen LogP contribution is -2.29. The topological polar surface area (TPSA) is 78.8 Å². The number of hydrogen-bond acceptors (Lipinski definition) is 4. The third-order valence-corrected chi connectivity index (χ3v) is 5.90. The van der Waals surface area contributed by atoms with E-state index in [9.17, 15) is 4.79 Å². The summed E-state index contributed by atoms with van der Waals surface area (Å²) >= 11 is 0. The molecule has 0 radical (unpaired) electrons. The zero-order valence-corrected chi connectivity index (χ0v) is 16.6. The molecular formula is C22H24N6O. The van der Waals surface area contributed by atoms with E-state index in [4.69, 9.17) is 0 Å². The summed E-state index contributed by atoms with van der Waals surface area (Å²) in [6.07, 6.45) is 7.26. The van der Waals surface area contributed by atoms with Crippen molar-refractivity contribution in [2.24, 2.45) is 7.05 Å². The number of carbonyl (C=O) groups is 1. The Morgan fingerprint density at radius 2 is 2.03 bits per heavy atom. The molecule has 5 rings (SSSR count). The van der Waals surface area contributed by atoms with Gasteiger partial charge in [-0.1, -0.05) is 6.42 Å². The number of hydrogen-bond donors (Lipinski definition) is 2. The van der Waals surface area contributed by atoms with Gasteiger partial charge in [0, 0.05) is 47.4 Å². The van der Waals surface area contributed by atoms with E-state index in [0.29, 0.717) is 17.4 Å². The minimum Gasteiger partial charge on any atom is -0.357 e. The molecule has 4 heterocycles. The first-order valence-electron chi connectivity index (χ1n) is 10.0. The Morgan fingerprint density at radius 1 is 1.14 bits per heavy atom. The summed E-state index contributed by atoms with van der Waals surface area (Å²) in [6, 6.07) is 10.1. The quantitative estimate of drug-likeness (QED) is 0.559. The summed E-state index contributed by atoms with van der Waals surface area (Å²) in [4.78, 5) is 23.1. The zero-order valence-electron chi connectivity index (χ0n) is 16.6. The lowest BCUT2D eigenvalue weighted by atomic mass is 10.0. The predicted octanol–water partition coefficient (Wildman–Crippen LogP) is 3.86. The predicted molar refractivity (Wildman–Crippen MR) is 114 cm³/mol. The van der Waals surface area contributed by atoms with E-state index in [1.54, 1.807) is 10.9 Å². The van der Waals surface area contributed by atoms with E-state index in [2.05, 4.69) is 38.4 Å². The molecule has 1 aliphatic heterocycles. The van der Waals surface area contributed by atoms with Crippen LogP contribution in [-0.4, -0.2) is 44.1 Å². The van der Waals surface area contributed by atoms with Gasteiger partial charge in [0.05, 0.1) is 17.2 Å². The molecule has 0 saturated carbocycles. The number of aryl methyl sites for hydroxylation is 1. The van der Waals surface area contributed by atoms with Gasteiger partial charge in [-0.3, -0.25) is 14.4 Å². The van der Waals surface area contributed by atoms with E-state index in [1.165, 1.54) is 18.5 Å². The molecule has 0 aliphatic carbocycles. The highest BCUT2D eigenvalue weighted by atomic mass is 16.1. The number of carbonyl (C=O) groups excluding carboxylic acids is 1. The van der Waals surface area contributed by atoms with Crippen LogP contribution in [0.1, 0.15) is 41.4 Å². The van der Waals surface area contributed by atoms with Crippen LogP contribution in [0.3, 0.4) is 0 Å². The Morgan fingerprint density at radius 3 is 2.90 bits per heavy atom. The van der Waals surface area contributed by atoms with Gasteiger partial charge < -0.3 is 10.3 Å². The van der Waals surface area contributed by atoms with Crippen molar-refractivity contribution >= 4 is 33.5 Å². The van der Waals surface area contributed by atoms with Gasteiger partial charge in [-0.15, -0.1) is 0 Å². The van der Waals surface area contributed by atoms with Crippen molar-refractivity contribution in [3.05, 3.63) is 54.0 Å². The van der Waals surface area contributed by atoms with Crippen LogP contribution in [0.25, 0.3) is 21.8 Å². The highest BCUT2D eigenvalue weighted by Crippen LogP contribution is 2.31. The van der Waals surface area contributed by atoms with E-state index >= 15 is 0 Å². The first kappa shape index (κ1) is 17.9. The summed E-state index contributed by atoms with van der Waals surface area (Å²) in [6.45, 7) is 1.13. The number of nitrogens with one attached hydrogen (secondary N) is 2. The maximum Gasteiger partial charge on any atom is 0.256 e. The fraction of sp³-hybridized carbons (Fsp3) is 0.318. The van der Waals surface area contributed by atoms with Gasteiger partial charge in [-0.25, -0.2) is 4.98 Å². The number of anilines is 1. The highest BCUT2D eigenvalue weighted by Gasteiger charge is 2.22. The number of pyridine rings is 1. The number of H-pyrrole nitrogens is 1. The van der Waals surface area contributed by atoms with Crippen LogP contribution >= 0.6 is 0 Å². The van der Waals surface area contributed by atoms with Crippen molar-refractivity contribution in [3.8, 4) is 0 Å². The molecule has 1 atom stereocenters. The molecule has 29 heavy (non-hydrogen) atoms. The number of amides is 1. The number of nitrogens with zero attached hydrogens (tertiary/aromatic N) is 4. The van der Waals surface area contributed by atoms with Gasteiger partial charge in [0.15, 0.2) is 0 Å². The number of likely N-dealkylation sites (tertiary alicyclic amines) is 1. The molecule has 1 fully saturated rings. The fourth-order valence-corrected chi connectivity index (χ4v) is 4.26. The molecule has 1 amide bonds. The molecule has 2 N–H and O–H groups in total. The van der Waals surface area contributed by atoms with Crippen LogP contribution in [0.15, 0.2) is 42.7 Å². The SMILES string of the molecule is CN1CCCC[C@@H]1c1cc2cnc(NC(=O)c3ccc4c(cnn4C)c3)cc2[nH]1. The molecule has 148 valence electrons. The largest absolute Gasteiger partial charge is 0.357 e. The average Bonchev–Trinajstić information content (AvgIpc) is 3.31. The average molecular weight is 388 g/mol. The van der Waals surface area contributed by atoms with E-state index in [-0.39, 0.29) is 5.91 Å². The van der Waals surface area contributed by atoms with Crippen molar-refractivity contribution in [1.29, 1.82) is 0 Å². The lowest BCUT2D eigenvalue weighted by Gasteiger charge is -2.31. The zero-order chi connectivity index (χ0) is 20.0. The summed E-state index contributed by atoms with van der Waals surface area (Å²) in [5.74, 6) is 0.362. The van der Waals surface area contributed by atoms with Crippen LogP contribution in [0, 0.1) is 0 Å². The Kier molecular flexibility index (Phi) is 4.32. The summed E-state index contributed by atoms with van der Waals surface area (Å²) in [5.41, 5.74) is 3.79. The molecule has 1 aromatic carbocycles. The molecule has 7 nitrogen and oxygen atoms in total. The Labute approximate surface area is 168 Å². The second-order valence-corrected chi connectivity index (χ2v) is 7.87. The van der Waals surface area contributed by atoms with Crippen LogP contribution in [-0.2, 0) is 7.05 Å². The second kappa shape index (κ2) is 7.00. The minimum atomic E-state index is -0.179. The monoisotopic (exact) mass is 388 g/mol. The van der Waals surface area contributed by atoms with Gasteiger partial charge in [0.1, 0.15) is 5.82 Å². The van der Waals surface area contributed by atoms with Gasteiger partial charge >= 0.3 is 0 Å². The van der Waals surface area contributed by atoms with Gasteiger partial charge in [-0.2, -0.15) is 5.10 Å². The standard InChI is InChI=1S/C22H24N6O/c1-27-8-4-3-5-20(27)18-10-15-12-23-21(11-17(15)25-18)26-22(29)14-6-7-19-16(9-14)13-24-28(19)2/h6-7,9-13,20,25H,3-5,8H2,1-2H3,(H,23,26,29)/t20-/m1/s1. The number of piperidine rings is 1. The first-order chi connectivity index (χ1) is 14.1. The van der Waals surface area contributed by atoms with Gasteiger partial charge in [0.2, 0.25) is 0 Å². The van der Waals surface area contributed by atoms with Crippen molar-refractivity contribution in [2.45, 2.75) is 25.3 Å². The maximum absolute atomic E-state index is 12.7. The molecule has 7 heteroatoms. The molecule has 1 saturated heterocycles. The molecular weight excluding hydrogens is 364 g/mol. The Balaban J connectivity index is 1.38. The molecule has 0 bridgehead atoms. The molecule has 4 aromatic rings. The van der Waals surface area contributed by atoms with E-state index < -0.39 is 0 Å². The fourth-order valence-electron chi connectivity index (χ4n) is 4.26. The van der Waals surface area contributed by atoms with Crippen LogP contribution in [0.4, 0.5) is 5.82 Å². The Hall–Kier alpha value is -3.19.